The van der Waals surface area contributed by atoms with E-state index in [4.69, 9.17) is 4.74 Å². The zero-order valence-electron chi connectivity index (χ0n) is 12.9. The molecule has 0 saturated carbocycles. The highest BCUT2D eigenvalue weighted by Crippen LogP contribution is 2.18. The van der Waals surface area contributed by atoms with Crippen molar-refractivity contribution in [3.05, 3.63) is 41.7 Å². The van der Waals surface area contributed by atoms with Gasteiger partial charge < -0.3 is 9.64 Å². The molecule has 1 unspecified atom stereocenters. The summed E-state index contributed by atoms with van der Waals surface area (Å²) < 4.78 is 41.4. The van der Waals surface area contributed by atoms with Crippen LogP contribution in [0.1, 0.15) is 12.0 Å². The Bertz CT molecular complexity index is 687. The van der Waals surface area contributed by atoms with Crippen LogP contribution in [0.3, 0.4) is 0 Å². The summed E-state index contributed by atoms with van der Waals surface area (Å²) in [6.45, 7) is 0.652. The first kappa shape index (κ1) is 17.6. The maximum absolute atomic E-state index is 13.1. The minimum atomic E-state index is -3.08. The Kier molecular flexibility index (Phi) is 5.90. The lowest BCUT2D eigenvalue weighted by Gasteiger charge is -2.26. The minimum absolute atomic E-state index is 0.0176. The number of sulfone groups is 1. The van der Waals surface area contributed by atoms with Gasteiger partial charge in [0.15, 0.2) is 9.84 Å². The summed E-state index contributed by atoms with van der Waals surface area (Å²) in [5.41, 5.74) is 0.573. The predicted molar refractivity (Wildman–Crippen MR) is 86.1 cm³/mol. The van der Waals surface area contributed by atoms with Gasteiger partial charge in [0.25, 0.3) is 0 Å². The van der Waals surface area contributed by atoms with Crippen LogP contribution >= 0.6 is 0 Å². The van der Waals surface area contributed by atoms with Crippen LogP contribution in [0.15, 0.2) is 30.3 Å². The number of hydrogen-bond donors (Lipinski definition) is 0. The molecule has 1 fully saturated rings. The van der Waals surface area contributed by atoms with Gasteiger partial charge in [-0.1, -0.05) is 12.1 Å². The van der Waals surface area contributed by atoms with Crippen LogP contribution in [0, 0.1) is 5.82 Å². The normalized spacial score (nSPS) is 20.0. The third-order valence-corrected chi connectivity index (χ3v) is 5.49. The molecule has 5 nitrogen and oxygen atoms in total. The van der Waals surface area contributed by atoms with E-state index in [-0.39, 0.29) is 29.3 Å². The molecule has 0 radical (unpaired) electrons. The highest BCUT2D eigenvalue weighted by atomic mass is 32.2. The van der Waals surface area contributed by atoms with Gasteiger partial charge in [-0.25, -0.2) is 12.8 Å². The van der Waals surface area contributed by atoms with Crippen molar-refractivity contribution >= 4 is 21.8 Å². The SMILES string of the molecule is COCCN(C(=O)/C=C/c1cccc(F)c1)C1CCS(=O)(=O)C1. The minimum Gasteiger partial charge on any atom is -0.383 e. The molecule has 1 aromatic carbocycles. The van der Waals surface area contributed by atoms with Crippen molar-refractivity contribution in [1.29, 1.82) is 0 Å². The molecule has 0 N–H and O–H groups in total. The van der Waals surface area contributed by atoms with Crippen molar-refractivity contribution in [2.45, 2.75) is 12.5 Å². The quantitative estimate of drug-likeness (QED) is 0.736. The van der Waals surface area contributed by atoms with E-state index < -0.39 is 9.84 Å². The van der Waals surface area contributed by atoms with Gasteiger partial charge in [0, 0.05) is 25.8 Å². The fourth-order valence-corrected chi connectivity index (χ4v) is 4.29. The molecule has 1 aliphatic rings. The summed E-state index contributed by atoms with van der Waals surface area (Å²) in [5, 5.41) is 0. The monoisotopic (exact) mass is 341 g/mol. The highest BCUT2D eigenvalue weighted by molar-refractivity contribution is 7.91. The van der Waals surface area contributed by atoms with E-state index in [1.54, 1.807) is 12.1 Å². The molecule has 0 aliphatic carbocycles. The standard InChI is InChI=1S/C16H20FNO4S/c1-22-9-8-18(15-7-10-23(20,21)12-15)16(19)6-5-13-3-2-4-14(17)11-13/h2-6,11,15H,7-10,12H2,1H3/b6-5+. The number of carbonyl (C=O) groups excluding carboxylic acids is 1. The number of benzene rings is 1. The third-order valence-electron chi connectivity index (χ3n) is 3.74. The first-order chi connectivity index (χ1) is 10.9. The number of rotatable bonds is 6. The van der Waals surface area contributed by atoms with Crippen molar-refractivity contribution in [2.75, 3.05) is 31.8 Å². The Labute approximate surface area is 135 Å². The molecule has 0 aromatic heterocycles. The molecule has 1 atom stereocenters. The zero-order valence-corrected chi connectivity index (χ0v) is 13.8. The average Bonchev–Trinajstić information content (AvgIpc) is 2.85. The van der Waals surface area contributed by atoms with E-state index in [9.17, 15) is 17.6 Å². The molecule has 23 heavy (non-hydrogen) atoms. The van der Waals surface area contributed by atoms with Gasteiger partial charge in [0.2, 0.25) is 5.91 Å². The summed E-state index contributed by atoms with van der Waals surface area (Å²) in [4.78, 5) is 13.9. The highest BCUT2D eigenvalue weighted by Gasteiger charge is 2.33. The summed E-state index contributed by atoms with van der Waals surface area (Å²) in [5.74, 6) is -0.593. The number of hydrogen-bond acceptors (Lipinski definition) is 4. The predicted octanol–water partition coefficient (Wildman–Crippen LogP) is 1.50. The fourth-order valence-electron chi connectivity index (χ4n) is 2.56. The number of nitrogens with zero attached hydrogens (tertiary/aromatic N) is 1. The van der Waals surface area contributed by atoms with Gasteiger partial charge >= 0.3 is 0 Å². The Morgan fingerprint density at radius 1 is 1.48 bits per heavy atom. The second-order valence-electron chi connectivity index (χ2n) is 5.47. The maximum Gasteiger partial charge on any atom is 0.246 e. The van der Waals surface area contributed by atoms with Gasteiger partial charge in [-0.05, 0) is 30.2 Å². The Morgan fingerprint density at radius 3 is 2.87 bits per heavy atom. The number of methoxy groups -OCH3 is 1. The van der Waals surface area contributed by atoms with Gasteiger partial charge in [-0.3, -0.25) is 4.79 Å². The van der Waals surface area contributed by atoms with Crippen molar-refractivity contribution < 1.29 is 22.3 Å². The number of amides is 1. The molecule has 0 bridgehead atoms. The van der Waals surface area contributed by atoms with Gasteiger partial charge in [-0.2, -0.15) is 0 Å². The van der Waals surface area contributed by atoms with E-state index >= 15 is 0 Å². The number of halogens is 1. The van der Waals surface area contributed by atoms with Crippen molar-refractivity contribution in [1.82, 2.24) is 4.90 Å². The van der Waals surface area contributed by atoms with Crippen molar-refractivity contribution in [3.8, 4) is 0 Å². The lowest BCUT2D eigenvalue weighted by atomic mass is 10.2. The molecule has 1 aliphatic heterocycles. The summed E-state index contributed by atoms with van der Waals surface area (Å²) >= 11 is 0. The Balaban J connectivity index is 2.10. The molecule has 126 valence electrons. The average molecular weight is 341 g/mol. The number of ether oxygens (including phenoxy) is 1. The molecule has 1 aromatic rings. The van der Waals surface area contributed by atoms with Crippen LogP contribution in [-0.2, 0) is 19.4 Å². The van der Waals surface area contributed by atoms with Crippen LogP contribution in [0.4, 0.5) is 4.39 Å². The molecule has 0 spiro atoms. The molecule has 2 rings (SSSR count). The van der Waals surface area contributed by atoms with Crippen LogP contribution in [0.5, 0.6) is 0 Å². The van der Waals surface area contributed by atoms with Gasteiger partial charge in [0.05, 0.1) is 18.1 Å². The van der Waals surface area contributed by atoms with Gasteiger partial charge in [-0.15, -0.1) is 0 Å². The topological polar surface area (TPSA) is 63.7 Å². The number of carbonyl (C=O) groups is 1. The van der Waals surface area contributed by atoms with E-state index in [0.717, 1.165) is 0 Å². The van der Waals surface area contributed by atoms with E-state index in [1.165, 1.54) is 36.3 Å². The molecule has 7 heteroatoms. The Hall–Kier alpha value is -1.73. The molecule has 1 heterocycles. The molecular weight excluding hydrogens is 321 g/mol. The fraction of sp³-hybridized carbons (Fsp3) is 0.438. The second kappa shape index (κ2) is 7.70. The lowest BCUT2D eigenvalue weighted by Crippen LogP contribution is -2.42. The van der Waals surface area contributed by atoms with Crippen molar-refractivity contribution in [2.24, 2.45) is 0 Å². The molecule has 1 amide bonds. The first-order valence-corrected chi connectivity index (χ1v) is 9.17. The second-order valence-corrected chi connectivity index (χ2v) is 7.70. The van der Waals surface area contributed by atoms with Crippen LogP contribution in [-0.4, -0.2) is 57.0 Å². The summed E-state index contributed by atoms with van der Waals surface area (Å²) in [6, 6.07) is 5.56. The Morgan fingerprint density at radius 2 is 2.26 bits per heavy atom. The summed E-state index contributed by atoms with van der Waals surface area (Å²) in [7, 11) is -1.56. The van der Waals surface area contributed by atoms with E-state index in [1.807, 2.05) is 0 Å². The molecule has 1 saturated heterocycles. The maximum atomic E-state index is 13.1. The largest absolute Gasteiger partial charge is 0.383 e. The van der Waals surface area contributed by atoms with Crippen molar-refractivity contribution in [3.63, 3.8) is 0 Å². The van der Waals surface area contributed by atoms with Crippen LogP contribution < -0.4 is 0 Å². The smallest absolute Gasteiger partial charge is 0.246 e. The van der Waals surface area contributed by atoms with E-state index in [0.29, 0.717) is 25.1 Å². The van der Waals surface area contributed by atoms with Crippen LogP contribution in [0.2, 0.25) is 0 Å². The summed E-state index contributed by atoms with van der Waals surface area (Å²) in [6.07, 6.45) is 3.30. The van der Waals surface area contributed by atoms with Gasteiger partial charge in [0.1, 0.15) is 5.82 Å². The van der Waals surface area contributed by atoms with E-state index in [2.05, 4.69) is 0 Å². The zero-order chi connectivity index (χ0) is 16.9. The first-order valence-electron chi connectivity index (χ1n) is 7.35. The third kappa shape index (κ3) is 5.14. The molecular formula is C16H20FNO4S. The van der Waals surface area contributed by atoms with Crippen LogP contribution in [0.25, 0.3) is 6.08 Å². The lowest BCUT2D eigenvalue weighted by molar-refractivity contribution is -0.128.